The van der Waals surface area contributed by atoms with Crippen LogP contribution < -0.4 is 9.04 Å². The number of hydrogen-bond acceptors (Lipinski definition) is 6. The van der Waals surface area contributed by atoms with Crippen molar-refractivity contribution in [3.05, 3.63) is 65.6 Å². The predicted octanol–water partition coefficient (Wildman–Crippen LogP) is 2.99. The topological polar surface area (TPSA) is 85.3 Å². The molecule has 1 aromatic carbocycles. The van der Waals surface area contributed by atoms with Crippen molar-refractivity contribution in [3.63, 3.8) is 0 Å². The maximum Gasteiger partial charge on any atom is 0.323 e. The molecule has 0 unspecified atom stereocenters. The van der Waals surface area contributed by atoms with Crippen molar-refractivity contribution in [1.82, 2.24) is 15.0 Å². The Morgan fingerprint density at radius 1 is 1.12 bits per heavy atom. The quantitative estimate of drug-likeness (QED) is 0.706. The zero-order valence-corrected chi connectivity index (χ0v) is 15.1. The molecule has 4 rings (SSSR count). The highest BCUT2D eigenvalue weighted by molar-refractivity contribution is 7.93. The van der Waals surface area contributed by atoms with Gasteiger partial charge < -0.3 is 4.74 Å². The van der Waals surface area contributed by atoms with Crippen LogP contribution in [0.5, 0.6) is 11.8 Å². The van der Waals surface area contributed by atoms with Gasteiger partial charge in [-0.2, -0.15) is 4.98 Å². The van der Waals surface area contributed by atoms with Gasteiger partial charge in [-0.05, 0) is 37.1 Å². The first-order chi connectivity index (χ1) is 12.4. The van der Waals surface area contributed by atoms with Crippen molar-refractivity contribution < 1.29 is 13.2 Å². The lowest BCUT2D eigenvalue weighted by atomic mass is 10.2. The van der Waals surface area contributed by atoms with E-state index in [9.17, 15) is 8.42 Å². The molecule has 0 saturated carbocycles. The van der Waals surface area contributed by atoms with Crippen LogP contribution in [0.3, 0.4) is 0 Å². The van der Waals surface area contributed by atoms with Gasteiger partial charge in [-0.15, -0.1) is 0 Å². The predicted molar refractivity (Wildman–Crippen MR) is 95.6 cm³/mol. The first kappa shape index (κ1) is 16.5. The fraction of sp³-hybridized carbons (Fsp3) is 0.167. The molecule has 8 heteroatoms. The molecule has 3 heterocycles. The number of aryl methyl sites for hydroxylation is 2. The van der Waals surface area contributed by atoms with Gasteiger partial charge in [0.05, 0.1) is 17.6 Å². The Bertz CT molecular complexity index is 1100. The molecule has 0 fully saturated rings. The van der Waals surface area contributed by atoms with Crippen LogP contribution in [-0.2, 0) is 16.6 Å². The van der Waals surface area contributed by atoms with Crippen molar-refractivity contribution >= 4 is 15.8 Å². The van der Waals surface area contributed by atoms with Crippen LogP contribution in [0.1, 0.15) is 16.8 Å². The smallest absolute Gasteiger partial charge is 0.323 e. The van der Waals surface area contributed by atoms with Crippen molar-refractivity contribution in [3.8, 4) is 11.8 Å². The third-order valence-electron chi connectivity index (χ3n) is 4.13. The lowest BCUT2D eigenvalue weighted by Crippen LogP contribution is -2.24. The summed E-state index contributed by atoms with van der Waals surface area (Å²) in [6.45, 7) is 4.03. The maximum atomic E-state index is 12.8. The van der Waals surface area contributed by atoms with E-state index < -0.39 is 10.0 Å². The van der Waals surface area contributed by atoms with Gasteiger partial charge in [-0.3, -0.25) is 4.98 Å². The number of nitrogens with zero attached hydrogens (tertiary/aromatic N) is 4. The third kappa shape index (κ3) is 2.78. The van der Waals surface area contributed by atoms with Crippen LogP contribution in [0.15, 0.2) is 53.7 Å². The van der Waals surface area contributed by atoms with Gasteiger partial charge in [-0.1, -0.05) is 18.2 Å². The lowest BCUT2D eigenvalue weighted by Gasteiger charge is -2.16. The number of anilines is 1. The molecule has 1 aliphatic rings. The molecule has 2 aromatic heterocycles. The second kappa shape index (κ2) is 6.06. The summed E-state index contributed by atoms with van der Waals surface area (Å²) in [5.74, 6) is 0.796. The average molecular weight is 368 g/mol. The molecule has 0 radical (unpaired) electrons. The molecule has 7 nitrogen and oxygen atoms in total. The molecule has 26 heavy (non-hydrogen) atoms. The van der Waals surface area contributed by atoms with Gasteiger partial charge in [0, 0.05) is 18.0 Å². The van der Waals surface area contributed by atoms with Gasteiger partial charge in [0.1, 0.15) is 5.82 Å². The fourth-order valence-corrected chi connectivity index (χ4v) is 4.47. The summed E-state index contributed by atoms with van der Waals surface area (Å²) < 4.78 is 32.5. The van der Waals surface area contributed by atoms with Gasteiger partial charge in [0.25, 0.3) is 10.0 Å². The minimum Gasteiger partial charge on any atom is -0.422 e. The van der Waals surface area contributed by atoms with Crippen LogP contribution in [-0.4, -0.2) is 23.4 Å². The number of pyridine rings is 1. The molecule has 0 amide bonds. The van der Waals surface area contributed by atoms with E-state index in [4.69, 9.17) is 4.74 Å². The van der Waals surface area contributed by atoms with Crippen LogP contribution in [0, 0.1) is 13.8 Å². The number of hydrogen-bond donors (Lipinski definition) is 0. The Hall–Kier alpha value is -3.00. The zero-order chi connectivity index (χ0) is 18.3. The lowest BCUT2D eigenvalue weighted by molar-refractivity contribution is 0.436. The van der Waals surface area contributed by atoms with Gasteiger partial charge in [0.2, 0.25) is 0 Å². The molecular formula is C18H16N4O3S. The molecule has 0 atom stereocenters. The first-order valence-electron chi connectivity index (χ1n) is 8.00. The third-order valence-corrected chi connectivity index (χ3v) is 5.98. The molecule has 0 bridgehead atoms. The summed E-state index contributed by atoms with van der Waals surface area (Å²) in [5, 5.41) is 0. The number of fused-ring (bicyclic) bond motifs is 1. The van der Waals surface area contributed by atoms with Crippen molar-refractivity contribution in [2.75, 3.05) is 4.31 Å². The summed E-state index contributed by atoms with van der Waals surface area (Å²) in [4.78, 5) is 12.9. The van der Waals surface area contributed by atoms with Crippen LogP contribution in [0.2, 0.25) is 0 Å². The average Bonchev–Trinajstić information content (AvgIpc) is 2.89. The summed E-state index contributed by atoms with van der Waals surface area (Å²) in [6, 6.07) is 10.4. The largest absolute Gasteiger partial charge is 0.422 e. The van der Waals surface area contributed by atoms with Crippen molar-refractivity contribution in [1.29, 1.82) is 0 Å². The van der Waals surface area contributed by atoms with Gasteiger partial charge >= 0.3 is 6.01 Å². The van der Waals surface area contributed by atoms with E-state index in [1.165, 1.54) is 10.5 Å². The van der Waals surface area contributed by atoms with E-state index in [0.29, 0.717) is 10.6 Å². The molecule has 0 spiro atoms. The summed E-state index contributed by atoms with van der Waals surface area (Å²) >= 11 is 0. The van der Waals surface area contributed by atoms with E-state index in [2.05, 4.69) is 15.0 Å². The second-order valence-electron chi connectivity index (χ2n) is 6.01. The molecule has 1 aliphatic heterocycles. The monoisotopic (exact) mass is 368 g/mol. The minimum atomic E-state index is -3.63. The van der Waals surface area contributed by atoms with Crippen molar-refractivity contribution in [2.24, 2.45) is 0 Å². The van der Waals surface area contributed by atoms with E-state index >= 15 is 0 Å². The van der Waals surface area contributed by atoms with Crippen LogP contribution in [0.4, 0.5) is 5.82 Å². The normalized spacial score (nSPS) is 14.9. The highest BCUT2D eigenvalue weighted by atomic mass is 32.2. The Balaban J connectivity index is 1.67. The Morgan fingerprint density at radius 3 is 2.69 bits per heavy atom. The first-order valence-corrected chi connectivity index (χ1v) is 9.44. The Kier molecular flexibility index (Phi) is 3.84. The van der Waals surface area contributed by atoms with Crippen molar-refractivity contribution in [2.45, 2.75) is 25.3 Å². The molecule has 0 aliphatic carbocycles. The molecular weight excluding hydrogens is 352 g/mol. The standard InChI is InChI=1S/C18H16N4O3S/c1-12-9-13(2)20-10-15(12)25-18-19-8-7-17(21-18)22-11-14-5-3-4-6-16(14)26(22,23)24/h3-10H,11H2,1-2H3. The summed E-state index contributed by atoms with van der Waals surface area (Å²) in [6.07, 6.45) is 3.08. The van der Waals surface area contributed by atoms with E-state index in [1.807, 2.05) is 26.0 Å². The fourth-order valence-electron chi connectivity index (χ4n) is 2.86. The van der Waals surface area contributed by atoms with E-state index in [0.717, 1.165) is 16.8 Å². The Labute approximate surface area is 151 Å². The molecule has 0 saturated heterocycles. The van der Waals surface area contributed by atoms with E-state index in [1.54, 1.807) is 30.5 Å². The molecule has 0 N–H and O–H groups in total. The van der Waals surface area contributed by atoms with E-state index in [-0.39, 0.29) is 18.4 Å². The number of ether oxygens (including phenoxy) is 1. The summed E-state index contributed by atoms with van der Waals surface area (Å²) in [5.41, 5.74) is 2.52. The molecule has 3 aromatic rings. The highest BCUT2D eigenvalue weighted by Crippen LogP contribution is 2.34. The van der Waals surface area contributed by atoms with Gasteiger partial charge in [-0.25, -0.2) is 17.7 Å². The molecule has 132 valence electrons. The zero-order valence-electron chi connectivity index (χ0n) is 14.2. The minimum absolute atomic E-state index is 0.0717. The number of aromatic nitrogens is 3. The SMILES string of the molecule is Cc1cc(C)c(Oc2nccc(N3Cc4ccccc4S3(=O)=O)n2)cn1. The second-order valence-corrected chi connectivity index (χ2v) is 7.84. The summed E-state index contributed by atoms with van der Waals surface area (Å²) in [7, 11) is -3.63. The number of rotatable bonds is 3. The Morgan fingerprint density at radius 2 is 1.92 bits per heavy atom. The maximum absolute atomic E-state index is 12.8. The van der Waals surface area contributed by atoms with Gasteiger partial charge in [0.15, 0.2) is 5.75 Å². The number of benzene rings is 1. The highest BCUT2D eigenvalue weighted by Gasteiger charge is 2.35. The van der Waals surface area contributed by atoms with Crippen LogP contribution in [0.25, 0.3) is 0 Å². The number of sulfonamides is 1. The van der Waals surface area contributed by atoms with Crippen LogP contribution >= 0.6 is 0 Å².